The van der Waals surface area contributed by atoms with E-state index in [1.165, 1.54) is 16.6 Å². The topological polar surface area (TPSA) is 71.4 Å². The number of carbonyl (C=O) groups excluding carboxylic acids is 1. The largest absolute Gasteiger partial charge is 0.345 e. The summed E-state index contributed by atoms with van der Waals surface area (Å²) in [7, 11) is -1.87. The molecule has 2 aromatic heterocycles. The van der Waals surface area contributed by atoms with Crippen molar-refractivity contribution in [1.29, 1.82) is 0 Å². The van der Waals surface area contributed by atoms with Gasteiger partial charge in [0.15, 0.2) is 0 Å². The zero-order valence-corrected chi connectivity index (χ0v) is 18.7. The Morgan fingerprint density at radius 1 is 1.13 bits per heavy atom. The summed E-state index contributed by atoms with van der Waals surface area (Å²) < 4.78 is 28.8. The second kappa shape index (κ2) is 8.37. The summed E-state index contributed by atoms with van der Waals surface area (Å²) in [6.07, 6.45) is 3.27. The van der Waals surface area contributed by atoms with Crippen molar-refractivity contribution >= 4 is 27.3 Å². The second-order valence-electron chi connectivity index (χ2n) is 7.62. The molecule has 0 radical (unpaired) electrons. The van der Waals surface area contributed by atoms with Gasteiger partial charge in [-0.3, -0.25) is 4.79 Å². The molecule has 1 fully saturated rings. The minimum Gasteiger partial charge on any atom is -0.345 e. The number of carbonyl (C=O) groups is 1. The van der Waals surface area contributed by atoms with Crippen LogP contribution in [0.3, 0.4) is 0 Å². The lowest BCUT2D eigenvalue weighted by atomic mass is 10.0. The van der Waals surface area contributed by atoms with Crippen molar-refractivity contribution in [2.75, 3.05) is 13.1 Å². The normalized spacial score (nSPS) is 15.9. The number of nitrogens with zero attached hydrogens (tertiary/aromatic N) is 2. The smallest absolute Gasteiger partial charge is 0.268 e. The molecule has 0 bridgehead atoms. The van der Waals surface area contributed by atoms with E-state index in [-0.39, 0.29) is 16.8 Å². The zero-order valence-electron chi connectivity index (χ0n) is 17.0. The summed E-state index contributed by atoms with van der Waals surface area (Å²) >= 11 is 1.57. The number of nitrogens with one attached hydrogen (secondary N) is 1. The summed E-state index contributed by atoms with van der Waals surface area (Å²) in [5, 5.41) is 5.07. The molecule has 3 aromatic rings. The maximum atomic E-state index is 13.1. The van der Waals surface area contributed by atoms with Crippen molar-refractivity contribution in [3.05, 3.63) is 75.7 Å². The van der Waals surface area contributed by atoms with E-state index >= 15 is 0 Å². The van der Waals surface area contributed by atoms with Crippen molar-refractivity contribution in [1.82, 2.24) is 14.2 Å². The van der Waals surface area contributed by atoms with Gasteiger partial charge in [0.2, 0.25) is 10.0 Å². The Bertz CT molecular complexity index is 1130. The maximum absolute atomic E-state index is 13.1. The molecule has 1 aliphatic heterocycles. The van der Waals surface area contributed by atoms with Crippen LogP contribution in [0.15, 0.2) is 58.9 Å². The highest BCUT2D eigenvalue weighted by molar-refractivity contribution is 7.89. The second-order valence-corrected chi connectivity index (χ2v) is 10.5. The predicted octanol–water partition coefficient (Wildman–Crippen LogP) is 3.70. The third kappa shape index (κ3) is 4.08. The van der Waals surface area contributed by atoms with Crippen LogP contribution in [0, 0.1) is 6.92 Å². The number of aromatic nitrogens is 1. The van der Waals surface area contributed by atoms with Crippen LogP contribution >= 0.6 is 11.3 Å². The van der Waals surface area contributed by atoms with Crippen LogP contribution in [-0.4, -0.2) is 36.3 Å². The number of hydrogen-bond acceptors (Lipinski definition) is 4. The van der Waals surface area contributed by atoms with Gasteiger partial charge in [0.1, 0.15) is 10.6 Å². The molecule has 0 saturated carbocycles. The minimum atomic E-state index is -3.57. The first-order chi connectivity index (χ1) is 14.4. The number of benzene rings is 1. The standard InChI is InChI=1S/C22H25N3O3S2/c1-16-7-9-17(10-8-16)21(20-6-5-13-29-20)23-22(26)19-14-18(15-24(19)2)30(27,28)25-11-3-4-12-25/h5-10,13-15,21H,3-4,11-12H2,1-2H3,(H,23,26). The van der Waals surface area contributed by atoms with Crippen LogP contribution in [0.4, 0.5) is 0 Å². The molecule has 0 aliphatic carbocycles. The minimum absolute atomic E-state index is 0.167. The van der Waals surface area contributed by atoms with Crippen LogP contribution < -0.4 is 5.32 Å². The van der Waals surface area contributed by atoms with E-state index in [9.17, 15) is 13.2 Å². The molecule has 1 amide bonds. The summed E-state index contributed by atoms with van der Waals surface area (Å²) in [5.74, 6) is -0.306. The third-order valence-corrected chi connectivity index (χ3v) is 8.23. The Morgan fingerprint density at radius 3 is 2.47 bits per heavy atom. The fourth-order valence-electron chi connectivity index (χ4n) is 3.72. The van der Waals surface area contributed by atoms with Gasteiger partial charge in [0, 0.05) is 31.2 Å². The molecule has 6 nitrogen and oxygen atoms in total. The van der Waals surface area contributed by atoms with Gasteiger partial charge in [-0.15, -0.1) is 11.3 Å². The van der Waals surface area contributed by atoms with Gasteiger partial charge in [-0.25, -0.2) is 8.42 Å². The first-order valence-corrected chi connectivity index (χ1v) is 12.3. The number of amides is 1. The van der Waals surface area contributed by atoms with E-state index in [0.29, 0.717) is 18.8 Å². The van der Waals surface area contributed by atoms with Gasteiger partial charge in [-0.1, -0.05) is 35.9 Å². The molecule has 1 aliphatic rings. The molecule has 8 heteroatoms. The lowest BCUT2D eigenvalue weighted by Gasteiger charge is -2.18. The Balaban J connectivity index is 1.62. The van der Waals surface area contributed by atoms with Crippen LogP contribution in [0.25, 0.3) is 0 Å². The van der Waals surface area contributed by atoms with Crippen molar-refractivity contribution in [2.45, 2.75) is 30.7 Å². The molecule has 1 aromatic carbocycles. The van der Waals surface area contributed by atoms with Crippen molar-refractivity contribution < 1.29 is 13.2 Å². The molecule has 158 valence electrons. The van der Waals surface area contributed by atoms with Gasteiger partial charge < -0.3 is 9.88 Å². The number of hydrogen-bond donors (Lipinski definition) is 1. The van der Waals surface area contributed by atoms with E-state index < -0.39 is 10.0 Å². The lowest BCUT2D eigenvalue weighted by Crippen LogP contribution is -2.30. The Kier molecular flexibility index (Phi) is 5.81. The molecule has 1 atom stereocenters. The van der Waals surface area contributed by atoms with Crippen LogP contribution in [-0.2, 0) is 17.1 Å². The van der Waals surface area contributed by atoms with E-state index in [1.54, 1.807) is 23.0 Å². The van der Waals surface area contributed by atoms with Crippen LogP contribution in [0.2, 0.25) is 0 Å². The van der Waals surface area contributed by atoms with E-state index in [2.05, 4.69) is 5.32 Å². The molecule has 3 heterocycles. The third-order valence-electron chi connectivity index (χ3n) is 5.43. The van der Waals surface area contributed by atoms with E-state index in [1.807, 2.05) is 48.7 Å². The lowest BCUT2D eigenvalue weighted by molar-refractivity contribution is 0.0935. The zero-order chi connectivity index (χ0) is 21.3. The molecule has 4 rings (SSSR count). The van der Waals surface area contributed by atoms with Gasteiger partial charge in [-0.2, -0.15) is 4.31 Å². The Morgan fingerprint density at radius 2 is 1.83 bits per heavy atom. The van der Waals surface area contributed by atoms with Gasteiger partial charge in [0.05, 0.1) is 6.04 Å². The van der Waals surface area contributed by atoms with Gasteiger partial charge in [0.25, 0.3) is 5.91 Å². The Hall–Kier alpha value is -2.42. The molecular weight excluding hydrogens is 418 g/mol. The van der Waals surface area contributed by atoms with Crippen molar-refractivity contribution in [3.63, 3.8) is 0 Å². The average Bonchev–Trinajstić information content (AvgIpc) is 3.48. The number of aryl methyl sites for hydroxylation is 2. The quantitative estimate of drug-likeness (QED) is 0.631. The molecule has 0 spiro atoms. The molecule has 1 saturated heterocycles. The monoisotopic (exact) mass is 443 g/mol. The van der Waals surface area contributed by atoms with Crippen LogP contribution in [0.5, 0.6) is 0 Å². The van der Waals surface area contributed by atoms with Crippen molar-refractivity contribution in [3.8, 4) is 0 Å². The average molecular weight is 444 g/mol. The van der Waals surface area contributed by atoms with Gasteiger partial charge >= 0.3 is 0 Å². The molecular formula is C22H25N3O3S2. The number of thiophene rings is 1. The fourth-order valence-corrected chi connectivity index (χ4v) is 6.11. The van der Waals surface area contributed by atoms with E-state index in [0.717, 1.165) is 28.8 Å². The number of rotatable bonds is 6. The molecule has 1 N–H and O–H groups in total. The summed E-state index contributed by atoms with van der Waals surface area (Å²) in [6.45, 7) is 3.09. The highest BCUT2D eigenvalue weighted by Crippen LogP contribution is 2.28. The first kappa shape index (κ1) is 20.8. The summed E-state index contributed by atoms with van der Waals surface area (Å²) in [6, 6.07) is 13.2. The van der Waals surface area contributed by atoms with Gasteiger partial charge in [-0.05, 0) is 42.8 Å². The summed E-state index contributed by atoms with van der Waals surface area (Å²) in [5.41, 5.74) is 2.45. The predicted molar refractivity (Wildman–Crippen MR) is 118 cm³/mol. The highest BCUT2D eigenvalue weighted by Gasteiger charge is 2.30. The van der Waals surface area contributed by atoms with Crippen molar-refractivity contribution in [2.24, 2.45) is 7.05 Å². The fraction of sp³-hybridized carbons (Fsp3) is 0.318. The van der Waals surface area contributed by atoms with E-state index in [4.69, 9.17) is 0 Å². The molecule has 30 heavy (non-hydrogen) atoms. The SMILES string of the molecule is Cc1ccc(C(NC(=O)c2cc(S(=O)(=O)N3CCCC3)cn2C)c2cccs2)cc1. The number of sulfonamides is 1. The maximum Gasteiger partial charge on any atom is 0.268 e. The Labute approximate surface area is 181 Å². The van der Waals surface area contributed by atoms with Crippen LogP contribution in [0.1, 0.15) is 45.4 Å². The highest BCUT2D eigenvalue weighted by atomic mass is 32.2. The first-order valence-electron chi connectivity index (χ1n) is 9.93. The summed E-state index contributed by atoms with van der Waals surface area (Å²) in [4.78, 5) is 14.3. The molecule has 1 unspecified atom stereocenters.